The van der Waals surface area contributed by atoms with Crippen LogP contribution in [0, 0.1) is 0 Å². The number of methoxy groups -OCH3 is 1. The Balaban J connectivity index is 1.80. The molecule has 0 spiro atoms. The molecule has 2 N–H and O–H groups in total. The van der Waals surface area contributed by atoms with Crippen LogP contribution in [0.5, 0.6) is 5.75 Å². The number of nitrogens with one attached hydrogen (secondary N) is 1. The third-order valence-electron chi connectivity index (χ3n) is 3.04. The summed E-state index contributed by atoms with van der Waals surface area (Å²) in [7, 11) is 1.75. The normalized spacial score (nSPS) is 24.1. The SMILES string of the molecule is COC1CC(NCc2ccc(O)c(Cl)c2)C1. The molecule has 1 aromatic carbocycles. The summed E-state index contributed by atoms with van der Waals surface area (Å²) in [6.45, 7) is 0.779. The quantitative estimate of drug-likeness (QED) is 0.850. The summed E-state index contributed by atoms with van der Waals surface area (Å²) in [5.41, 5.74) is 1.09. The van der Waals surface area contributed by atoms with Crippen LogP contribution in [0.2, 0.25) is 5.02 Å². The minimum atomic E-state index is 0.133. The molecule has 0 amide bonds. The molecule has 3 nitrogen and oxygen atoms in total. The molecule has 0 unspecified atom stereocenters. The lowest BCUT2D eigenvalue weighted by Gasteiger charge is -2.34. The van der Waals surface area contributed by atoms with Crippen LogP contribution in [0.1, 0.15) is 18.4 Å². The van der Waals surface area contributed by atoms with Crippen molar-refractivity contribution < 1.29 is 9.84 Å². The molecular formula is C12H16ClNO2. The van der Waals surface area contributed by atoms with E-state index >= 15 is 0 Å². The lowest BCUT2D eigenvalue weighted by molar-refractivity contribution is 0.0170. The molecule has 1 aliphatic rings. The highest BCUT2D eigenvalue weighted by Gasteiger charge is 2.28. The standard InChI is InChI=1S/C12H16ClNO2/c1-16-10-5-9(6-10)14-7-8-2-3-12(15)11(13)4-8/h2-4,9-10,14-15H,5-7H2,1H3. The molecule has 88 valence electrons. The first-order chi connectivity index (χ1) is 7.69. The molecule has 0 radical (unpaired) electrons. The first kappa shape index (κ1) is 11.7. The van der Waals surface area contributed by atoms with Crippen LogP contribution in [-0.4, -0.2) is 24.4 Å². The van der Waals surface area contributed by atoms with Gasteiger partial charge < -0.3 is 15.2 Å². The average Bonchev–Trinajstić information content (AvgIpc) is 2.21. The smallest absolute Gasteiger partial charge is 0.134 e. The van der Waals surface area contributed by atoms with Gasteiger partial charge in [0.15, 0.2) is 0 Å². The zero-order chi connectivity index (χ0) is 11.5. The highest BCUT2D eigenvalue weighted by Crippen LogP contribution is 2.25. The second-order valence-electron chi connectivity index (χ2n) is 4.19. The molecule has 16 heavy (non-hydrogen) atoms. The molecule has 0 aromatic heterocycles. The van der Waals surface area contributed by atoms with Crippen molar-refractivity contribution in [1.29, 1.82) is 0 Å². The number of rotatable bonds is 4. The van der Waals surface area contributed by atoms with Crippen molar-refractivity contribution in [3.8, 4) is 5.75 Å². The average molecular weight is 242 g/mol. The number of hydrogen-bond acceptors (Lipinski definition) is 3. The van der Waals surface area contributed by atoms with E-state index in [1.165, 1.54) is 0 Å². The minimum absolute atomic E-state index is 0.133. The van der Waals surface area contributed by atoms with E-state index in [1.54, 1.807) is 19.2 Å². The van der Waals surface area contributed by atoms with E-state index < -0.39 is 0 Å². The summed E-state index contributed by atoms with van der Waals surface area (Å²) in [6.07, 6.45) is 2.56. The zero-order valence-electron chi connectivity index (χ0n) is 9.24. The summed E-state index contributed by atoms with van der Waals surface area (Å²) in [4.78, 5) is 0. The van der Waals surface area contributed by atoms with Gasteiger partial charge in [0.1, 0.15) is 5.75 Å². The Kier molecular flexibility index (Phi) is 3.69. The Hall–Kier alpha value is -0.770. The van der Waals surface area contributed by atoms with E-state index in [9.17, 15) is 5.11 Å². The summed E-state index contributed by atoms with van der Waals surface area (Å²) >= 11 is 5.82. The van der Waals surface area contributed by atoms with Crippen molar-refractivity contribution in [2.75, 3.05) is 7.11 Å². The van der Waals surface area contributed by atoms with E-state index in [4.69, 9.17) is 16.3 Å². The highest BCUT2D eigenvalue weighted by atomic mass is 35.5. The first-order valence-corrected chi connectivity index (χ1v) is 5.80. The topological polar surface area (TPSA) is 41.5 Å². The largest absolute Gasteiger partial charge is 0.506 e. The van der Waals surface area contributed by atoms with Crippen LogP contribution < -0.4 is 5.32 Å². The van der Waals surface area contributed by atoms with E-state index in [0.29, 0.717) is 17.2 Å². The van der Waals surface area contributed by atoms with Gasteiger partial charge >= 0.3 is 0 Å². The predicted octanol–water partition coefficient (Wildman–Crippen LogP) is 2.31. The molecule has 0 bridgehead atoms. The maximum absolute atomic E-state index is 9.28. The second kappa shape index (κ2) is 5.04. The third kappa shape index (κ3) is 2.67. The fraction of sp³-hybridized carbons (Fsp3) is 0.500. The molecule has 1 aromatic rings. The van der Waals surface area contributed by atoms with Gasteiger partial charge in [-0.1, -0.05) is 17.7 Å². The van der Waals surface area contributed by atoms with Gasteiger partial charge in [-0.25, -0.2) is 0 Å². The van der Waals surface area contributed by atoms with Gasteiger partial charge in [-0.3, -0.25) is 0 Å². The number of aromatic hydroxyl groups is 1. The van der Waals surface area contributed by atoms with E-state index in [1.807, 2.05) is 6.07 Å². The van der Waals surface area contributed by atoms with Gasteiger partial charge in [-0.2, -0.15) is 0 Å². The van der Waals surface area contributed by atoms with Crippen molar-refractivity contribution in [3.05, 3.63) is 28.8 Å². The molecule has 0 saturated heterocycles. The number of halogens is 1. The van der Waals surface area contributed by atoms with E-state index in [-0.39, 0.29) is 5.75 Å². The molecule has 1 fully saturated rings. The van der Waals surface area contributed by atoms with Crippen LogP contribution in [0.4, 0.5) is 0 Å². The number of ether oxygens (including phenoxy) is 1. The van der Waals surface area contributed by atoms with Gasteiger partial charge in [0.25, 0.3) is 0 Å². The monoisotopic (exact) mass is 241 g/mol. The fourth-order valence-electron chi connectivity index (χ4n) is 1.85. The maximum atomic E-state index is 9.28. The first-order valence-electron chi connectivity index (χ1n) is 5.42. The Labute approximate surface area is 100 Å². The molecule has 0 heterocycles. The minimum Gasteiger partial charge on any atom is -0.506 e. The fourth-order valence-corrected chi connectivity index (χ4v) is 2.05. The van der Waals surface area contributed by atoms with Gasteiger partial charge in [0, 0.05) is 19.7 Å². The number of phenols is 1. The van der Waals surface area contributed by atoms with Crippen LogP contribution in [0.15, 0.2) is 18.2 Å². The van der Waals surface area contributed by atoms with Crippen molar-refractivity contribution in [1.82, 2.24) is 5.32 Å². The summed E-state index contributed by atoms with van der Waals surface area (Å²) < 4.78 is 5.21. The number of benzene rings is 1. The summed E-state index contributed by atoms with van der Waals surface area (Å²) in [6, 6.07) is 5.83. The van der Waals surface area contributed by atoms with Crippen molar-refractivity contribution in [3.63, 3.8) is 0 Å². The Morgan fingerprint density at radius 2 is 2.25 bits per heavy atom. The van der Waals surface area contributed by atoms with Crippen molar-refractivity contribution in [2.24, 2.45) is 0 Å². The Bertz CT molecular complexity index is 364. The van der Waals surface area contributed by atoms with Crippen LogP contribution in [0.25, 0.3) is 0 Å². The second-order valence-corrected chi connectivity index (χ2v) is 4.60. The molecular weight excluding hydrogens is 226 g/mol. The maximum Gasteiger partial charge on any atom is 0.134 e. The van der Waals surface area contributed by atoms with Crippen LogP contribution in [-0.2, 0) is 11.3 Å². The lowest BCUT2D eigenvalue weighted by atomic mass is 9.89. The Morgan fingerprint density at radius 3 is 2.88 bits per heavy atom. The third-order valence-corrected chi connectivity index (χ3v) is 3.34. The van der Waals surface area contributed by atoms with Gasteiger partial charge in [-0.15, -0.1) is 0 Å². The highest BCUT2D eigenvalue weighted by molar-refractivity contribution is 6.32. The molecule has 1 saturated carbocycles. The summed E-state index contributed by atoms with van der Waals surface area (Å²) in [5.74, 6) is 0.133. The van der Waals surface area contributed by atoms with Gasteiger partial charge in [-0.05, 0) is 30.5 Å². The predicted molar refractivity (Wildman–Crippen MR) is 63.8 cm³/mol. The summed E-state index contributed by atoms with van der Waals surface area (Å²) in [5, 5.41) is 13.1. The lowest BCUT2D eigenvalue weighted by Crippen LogP contribution is -2.44. The Morgan fingerprint density at radius 1 is 1.50 bits per heavy atom. The zero-order valence-corrected chi connectivity index (χ0v) is 10.00. The number of hydrogen-bond donors (Lipinski definition) is 2. The number of phenolic OH excluding ortho intramolecular Hbond substituents is 1. The van der Waals surface area contributed by atoms with E-state index in [2.05, 4.69) is 5.32 Å². The van der Waals surface area contributed by atoms with Crippen LogP contribution >= 0.6 is 11.6 Å². The van der Waals surface area contributed by atoms with Gasteiger partial charge in [0.05, 0.1) is 11.1 Å². The molecule has 4 heteroatoms. The molecule has 1 aliphatic carbocycles. The van der Waals surface area contributed by atoms with Gasteiger partial charge in [0.2, 0.25) is 0 Å². The molecule has 2 rings (SSSR count). The molecule has 0 atom stereocenters. The van der Waals surface area contributed by atoms with E-state index in [0.717, 1.165) is 24.9 Å². The van der Waals surface area contributed by atoms with Crippen molar-refractivity contribution in [2.45, 2.75) is 31.5 Å². The molecule has 0 aliphatic heterocycles. The van der Waals surface area contributed by atoms with Crippen LogP contribution in [0.3, 0.4) is 0 Å². The van der Waals surface area contributed by atoms with Crippen molar-refractivity contribution >= 4 is 11.6 Å².